The van der Waals surface area contributed by atoms with Gasteiger partial charge in [0.2, 0.25) is 0 Å². The number of aryl methyl sites for hydroxylation is 1. The predicted octanol–water partition coefficient (Wildman–Crippen LogP) is 2.06. The summed E-state index contributed by atoms with van der Waals surface area (Å²) in [5, 5.41) is 13.4. The number of nitrogens with one attached hydrogen (secondary N) is 1. The smallest absolute Gasteiger partial charge is 0.138 e. The van der Waals surface area contributed by atoms with E-state index in [0.717, 1.165) is 44.0 Å². The van der Waals surface area contributed by atoms with Gasteiger partial charge in [0.1, 0.15) is 5.75 Å². The molecule has 0 radical (unpaired) electrons. The molecule has 0 saturated carbocycles. The zero-order chi connectivity index (χ0) is 13.7. The lowest BCUT2D eigenvalue weighted by molar-refractivity contribution is 0.235. The monoisotopic (exact) mass is 263 g/mol. The summed E-state index contributed by atoms with van der Waals surface area (Å²) < 4.78 is 0. The standard InChI is InChI=1S/C15H25N3O/c1-3-9-18(10-13-5-4-8-16-13)11-14-15(19)7-6-12(2)17-14/h6-7,13,16,19H,3-5,8-11H2,1-2H3. The topological polar surface area (TPSA) is 48.4 Å². The third-order valence-electron chi connectivity index (χ3n) is 3.64. The van der Waals surface area contributed by atoms with Crippen LogP contribution in [0.2, 0.25) is 0 Å². The van der Waals surface area contributed by atoms with E-state index in [0.29, 0.717) is 11.8 Å². The van der Waals surface area contributed by atoms with Gasteiger partial charge >= 0.3 is 0 Å². The molecule has 1 aliphatic rings. The second-order valence-electron chi connectivity index (χ2n) is 5.45. The van der Waals surface area contributed by atoms with Gasteiger partial charge in [-0.25, -0.2) is 0 Å². The minimum Gasteiger partial charge on any atom is -0.506 e. The Morgan fingerprint density at radius 2 is 2.32 bits per heavy atom. The van der Waals surface area contributed by atoms with Crippen molar-refractivity contribution in [2.75, 3.05) is 19.6 Å². The van der Waals surface area contributed by atoms with E-state index >= 15 is 0 Å². The fraction of sp³-hybridized carbons (Fsp3) is 0.667. The molecule has 0 aromatic carbocycles. The van der Waals surface area contributed by atoms with Gasteiger partial charge in [0, 0.05) is 24.8 Å². The van der Waals surface area contributed by atoms with Crippen LogP contribution in [0.1, 0.15) is 37.6 Å². The van der Waals surface area contributed by atoms with E-state index in [1.807, 2.05) is 13.0 Å². The average Bonchev–Trinajstić information content (AvgIpc) is 2.87. The van der Waals surface area contributed by atoms with E-state index < -0.39 is 0 Å². The summed E-state index contributed by atoms with van der Waals surface area (Å²) in [6.07, 6.45) is 3.66. The molecule has 0 bridgehead atoms. The van der Waals surface area contributed by atoms with Crippen LogP contribution in [0.5, 0.6) is 5.75 Å². The molecule has 19 heavy (non-hydrogen) atoms. The van der Waals surface area contributed by atoms with Crippen molar-refractivity contribution in [2.24, 2.45) is 0 Å². The molecule has 0 aliphatic carbocycles. The van der Waals surface area contributed by atoms with E-state index in [9.17, 15) is 5.11 Å². The Balaban J connectivity index is 2.00. The second kappa shape index (κ2) is 6.87. The molecule has 1 aliphatic heterocycles. The first-order chi connectivity index (χ1) is 9.19. The number of hydrogen-bond acceptors (Lipinski definition) is 4. The van der Waals surface area contributed by atoms with E-state index in [2.05, 4.69) is 22.1 Å². The fourth-order valence-corrected chi connectivity index (χ4v) is 2.71. The molecular formula is C15H25N3O. The first-order valence-electron chi connectivity index (χ1n) is 7.30. The third-order valence-corrected chi connectivity index (χ3v) is 3.64. The summed E-state index contributed by atoms with van der Waals surface area (Å²) in [4.78, 5) is 6.85. The number of rotatable bonds is 6. The van der Waals surface area contributed by atoms with Crippen LogP contribution >= 0.6 is 0 Å². The third kappa shape index (κ3) is 4.18. The molecule has 1 saturated heterocycles. The number of hydrogen-bond donors (Lipinski definition) is 2. The highest BCUT2D eigenvalue weighted by molar-refractivity contribution is 5.27. The number of pyridine rings is 1. The molecule has 1 aromatic rings. The maximum atomic E-state index is 9.91. The maximum Gasteiger partial charge on any atom is 0.138 e. The summed E-state index contributed by atoms with van der Waals surface area (Å²) in [6.45, 7) is 8.12. The molecule has 1 atom stereocenters. The molecule has 4 heteroatoms. The van der Waals surface area contributed by atoms with Crippen LogP contribution in [0.25, 0.3) is 0 Å². The highest BCUT2D eigenvalue weighted by atomic mass is 16.3. The van der Waals surface area contributed by atoms with Crippen molar-refractivity contribution in [2.45, 2.75) is 45.7 Å². The Morgan fingerprint density at radius 1 is 1.47 bits per heavy atom. The molecular weight excluding hydrogens is 238 g/mol. The molecule has 0 amide bonds. The van der Waals surface area contributed by atoms with Crippen molar-refractivity contribution in [1.82, 2.24) is 15.2 Å². The van der Waals surface area contributed by atoms with E-state index in [-0.39, 0.29) is 0 Å². The maximum absolute atomic E-state index is 9.91. The van der Waals surface area contributed by atoms with Gasteiger partial charge in [-0.05, 0) is 51.4 Å². The van der Waals surface area contributed by atoms with E-state index in [4.69, 9.17) is 0 Å². The minimum absolute atomic E-state index is 0.311. The first-order valence-corrected chi connectivity index (χ1v) is 7.30. The summed E-state index contributed by atoms with van der Waals surface area (Å²) in [5.74, 6) is 0.311. The van der Waals surface area contributed by atoms with Gasteiger partial charge in [0.25, 0.3) is 0 Å². The zero-order valence-corrected chi connectivity index (χ0v) is 12.0. The average molecular weight is 263 g/mol. The van der Waals surface area contributed by atoms with Crippen molar-refractivity contribution in [3.8, 4) is 5.75 Å². The zero-order valence-electron chi connectivity index (χ0n) is 12.0. The normalized spacial score (nSPS) is 19.2. The van der Waals surface area contributed by atoms with Crippen LogP contribution < -0.4 is 5.32 Å². The van der Waals surface area contributed by atoms with Crippen LogP contribution in [0.15, 0.2) is 12.1 Å². The molecule has 0 spiro atoms. The van der Waals surface area contributed by atoms with Gasteiger partial charge in [0.05, 0.1) is 5.69 Å². The van der Waals surface area contributed by atoms with Crippen LogP contribution in [0.3, 0.4) is 0 Å². The summed E-state index contributed by atoms with van der Waals surface area (Å²) in [7, 11) is 0. The predicted molar refractivity (Wildman–Crippen MR) is 77.2 cm³/mol. The lowest BCUT2D eigenvalue weighted by atomic mass is 10.2. The van der Waals surface area contributed by atoms with Crippen molar-refractivity contribution >= 4 is 0 Å². The SMILES string of the molecule is CCCN(Cc1nc(C)ccc1O)CC1CCCN1. The van der Waals surface area contributed by atoms with Gasteiger partial charge < -0.3 is 10.4 Å². The van der Waals surface area contributed by atoms with Gasteiger partial charge in [-0.3, -0.25) is 9.88 Å². The van der Waals surface area contributed by atoms with Crippen molar-refractivity contribution in [1.29, 1.82) is 0 Å². The van der Waals surface area contributed by atoms with Crippen LogP contribution in [-0.4, -0.2) is 40.7 Å². The Bertz CT molecular complexity index is 402. The molecule has 2 heterocycles. The Kier molecular flexibility index (Phi) is 5.16. The van der Waals surface area contributed by atoms with Crippen molar-refractivity contribution in [3.63, 3.8) is 0 Å². The van der Waals surface area contributed by atoms with Gasteiger partial charge in [-0.2, -0.15) is 0 Å². The number of aromatic hydroxyl groups is 1. The number of nitrogens with zero attached hydrogens (tertiary/aromatic N) is 2. The largest absolute Gasteiger partial charge is 0.506 e. The molecule has 106 valence electrons. The van der Waals surface area contributed by atoms with E-state index in [1.165, 1.54) is 12.8 Å². The van der Waals surface area contributed by atoms with Crippen molar-refractivity contribution in [3.05, 3.63) is 23.5 Å². The number of aromatic nitrogens is 1. The summed E-state index contributed by atoms with van der Waals surface area (Å²) in [6, 6.07) is 4.19. The minimum atomic E-state index is 0.311. The highest BCUT2D eigenvalue weighted by Crippen LogP contribution is 2.18. The molecule has 1 fully saturated rings. The summed E-state index contributed by atoms with van der Waals surface area (Å²) in [5.41, 5.74) is 1.76. The Hall–Kier alpha value is -1.13. The van der Waals surface area contributed by atoms with Gasteiger partial charge in [-0.1, -0.05) is 6.92 Å². The van der Waals surface area contributed by atoms with Crippen LogP contribution in [0, 0.1) is 6.92 Å². The lowest BCUT2D eigenvalue weighted by Gasteiger charge is -2.25. The molecule has 2 rings (SSSR count). The van der Waals surface area contributed by atoms with Gasteiger partial charge in [-0.15, -0.1) is 0 Å². The van der Waals surface area contributed by atoms with Crippen LogP contribution in [-0.2, 0) is 6.54 Å². The Morgan fingerprint density at radius 3 is 3.00 bits per heavy atom. The molecule has 2 N–H and O–H groups in total. The molecule has 1 aromatic heterocycles. The molecule has 4 nitrogen and oxygen atoms in total. The van der Waals surface area contributed by atoms with E-state index in [1.54, 1.807) is 6.07 Å². The Labute approximate surface area is 115 Å². The molecule has 1 unspecified atom stereocenters. The fourth-order valence-electron chi connectivity index (χ4n) is 2.71. The van der Waals surface area contributed by atoms with Crippen molar-refractivity contribution < 1.29 is 5.11 Å². The lowest BCUT2D eigenvalue weighted by Crippen LogP contribution is -2.37. The van der Waals surface area contributed by atoms with Crippen LogP contribution in [0.4, 0.5) is 0 Å². The van der Waals surface area contributed by atoms with Gasteiger partial charge in [0.15, 0.2) is 0 Å². The second-order valence-corrected chi connectivity index (χ2v) is 5.45. The first kappa shape index (κ1) is 14.3. The quantitative estimate of drug-likeness (QED) is 0.825. The highest BCUT2D eigenvalue weighted by Gasteiger charge is 2.18. The summed E-state index contributed by atoms with van der Waals surface area (Å²) >= 11 is 0.